The molecule has 0 saturated heterocycles. The van der Waals surface area contributed by atoms with Crippen molar-refractivity contribution in [2.75, 3.05) is 0 Å². The van der Waals surface area contributed by atoms with E-state index in [4.69, 9.17) is 0 Å². The van der Waals surface area contributed by atoms with Crippen LogP contribution in [0.4, 0.5) is 0 Å². The molecule has 0 fully saturated rings. The maximum atomic E-state index is 0. The van der Waals surface area contributed by atoms with E-state index in [-0.39, 0.29) is 59.9 Å². The summed E-state index contributed by atoms with van der Waals surface area (Å²) >= 11 is 0. The molecule has 0 aliphatic carbocycles. The first kappa shape index (κ1) is 38.8. The molecule has 0 rings (SSSR count). The Morgan fingerprint density at radius 3 is 1.00 bits per heavy atom. The molecule has 0 amide bonds. The normalized spacial score (nSPS) is 0. The molecular formula is H3CuPSZn+2. The van der Waals surface area contributed by atoms with Gasteiger partial charge in [0.1, 0.15) is 0 Å². The number of rotatable bonds is 0. The largest absolute Gasteiger partial charge is 2.00 e. The third-order valence-electron chi connectivity index (χ3n) is 0. The second-order valence-electron chi connectivity index (χ2n) is 0. The molecule has 0 aliphatic rings. The van der Waals surface area contributed by atoms with Crippen LogP contribution in [0.25, 0.3) is 0 Å². The van der Waals surface area contributed by atoms with Crippen LogP contribution >= 0.6 is 9.90 Å². The molecular weight excluding hydrogens is 192 g/mol. The van der Waals surface area contributed by atoms with Gasteiger partial charge in [0.05, 0.1) is 0 Å². The molecule has 1 radical (unpaired) electrons. The minimum atomic E-state index is 0. The Hall–Kier alpha value is 1.92. The van der Waals surface area contributed by atoms with Crippen LogP contribution in [0.5, 0.6) is 0 Å². The van der Waals surface area contributed by atoms with Crippen molar-refractivity contribution in [3.63, 3.8) is 0 Å². The fourth-order valence-corrected chi connectivity index (χ4v) is 0. The molecule has 0 N–H and O–H groups in total. The predicted molar refractivity (Wildman–Crippen MR) is 18.5 cm³/mol. The molecule has 4 heavy (non-hydrogen) atoms. The molecule has 0 heterocycles. The van der Waals surface area contributed by atoms with Crippen LogP contribution < -0.4 is 0 Å². The smallest absolute Gasteiger partial charge is 2.00 e. The fraction of sp³-hybridized carbons (Fsp3) is 0. The van der Waals surface area contributed by atoms with Gasteiger partial charge in [0, 0.05) is 0 Å². The number of hydrogen-bond donors (Lipinski definition) is 0. The van der Waals surface area contributed by atoms with E-state index in [0.29, 0.717) is 0 Å². The van der Waals surface area contributed by atoms with E-state index in [2.05, 4.69) is 0 Å². The van der Waals surface area contributed by atoms with Crippen molar-refractivity contribution >= 4 is 23.4 Å². The molecule has 0 nitrogen and oxygen atoms in total. The van der Waals surface area contributed by atoms with Crippen molar-refractivity contribution in [1.29, 1.82) is 0 Å². The minimum Gasteiger partial charge on any atom is -2.00 e. The van der Waals surface area contributed by atoms with E-state index in [9.17, 15) is 0 Å². The van der Waals surface area contributed by atoms with Gasteiger partial charge in [0.2, 0.25) is 0 Å². The summed E-state index contributed by atoms with van der Waals surface area (Å²) in [7, 11) is 0. The van der Waals surface area contributed by atoms with Crippen molar-refractivity contribution in [2.45, 2.75) is 0 Å². The van der Waals surface area contributed by atoms with E-state index in [1.165, 1.54) is 0 Å². The molecule has 1 unspecified atom stereocenters. The van der Waals surface area contributed by atoms with Crippen LogP contribution in [-0.4, -0.2) is 0 Å². The quantitative estimate of drug-likeness (QED) is 0.378. The van der Waals surface area contributed by atoms with Gasteiger partial charge in [-0.15, -0.1) is 0 Å². The van der Waals surface area contributed by atoms with Crippen molar-refractivity contribution < 1.29 is 36.5 Å². The molecule has 4 heteroatoms. The van der Waals surface area contributed by atoms with Crippen molar-refractivity contribution in [1.82, 2.24) is 0 Å². The topological polar surface area (TPSA) is 0 Å². The first-order chi connectivity index (χ1) is 0. The Morgan fingerprint density at radius 1 is 1.00 bits per heavy atom. The summed E-state index contributed by atoms with van der Waals surface area (Å²) in [5, 5.41) is 0. The van der Waals surface area contributed by atoms with Crippen LogP contribution in [0.15, 0.2) is 0 Å². The van der Waals surface area contributed by atoms with E-state index >= 15 is 0 Å². The monoisotopic (exact) mass is 193 g/mol. The zero-order chi connectivity index (χ0) is 0. The van der Waals surface area contributed by atoms with Crippen molar-refractivity contribution in [3.05, 3.63) is 0 Å². The van der Waals surface area contributed by atoms with Gasteiger partial charge in [-0.25, -0.2) is 0 Å². The standard InChI is InChI=1S/Cu.H3P.S.Zn/h;1H3;;/q+2;;-2;+2. The van der Waals surface area contributed by atoms with Crippen LogP contribution in [-0.2, 0) is 50.0 Å². The van der Waals surface area contributed by atoms with Gasteiger partial charge in [-0.1, -0.05) is 0 Å². The van der Waals surface area contributed by atoms with Crippen LogP contribution in [0.3, 0.4) is 0 Å². The summed E-state index contributed by atoms with van der Waals surface area (Å²) in [5.74, 6) is 0. The summed E-state index contributed by atoms with van der Waals surface area (Å²) < 4.78 is 0. The van der Waals surface area contributed by atoms with Crippen molar-refractivity contribution in [3.8, 4) is 0 Å². The SMILES string of the molecule is P.[Cu+2].[S-2].[Zn+2]. The summed E-state index contributed by atoms with van der Waals surface area (Å²) in [6, 6.07) is 0. The zero-order valence-corrected chi connectivity index (χ0v) is 8.26. The first-order valence-corrected chi connectivity index (χ1v) is 0. The second kappa shape index (κ2) is 20.5. The molecule has 0 aromatic carbocycles. The predicted octanol–water partition coefficient (Wildman–Crippen LogP) is 0.0507. The molecule has 0 saturated carbocycles. The summed E-state index contributed by atoms with van der Waals surface area (Å²) in [4.78, 5) is 0. The molecule has 1 atom stereocenters. The summed E-state index contributed by atoms with van der Waals surface area (Å²) in [6.07, 6.45) is 0. The molecule has 0 aliphatic heterocycles. The van der Waals surface area contributed by atoms with Gasteiger partial charge in [0.25, 0.3) is 0 Å². The zero-order valence-electron chi connectivity index (χ0n) is 2.12. The first-order valence-electron chi connectivity index (χ1n) is 0. The van der Waals surface area contributed by atoms with E-state index in [0.717, 1.165) is 0 Å². The molecule has 25 valence electrons. The van der Waals surface area contributed by atoms with E-state index in [1.54, 1.807) is 0 Å². The van der Waals surface area contributed by atoms with Gasteiger partial charge in [-0.2, -0.15) is 9.90 Å². The average Bonchev–Trinajstić information content (AvgIpc) is 0. The van der Waals surface area contributed by atoms with Gasteiger partial charge in [-0.05, 0) is 0 Å². The van der Waals surface area contributed by atoms with E-state index in [1.807, 2.05) is 0 Å². The molecule has 0 spiro atoms. The van der Waals surface area contributed by atoms with Gasteiger partial charge < -0.3 is 13.5 Å². The van der Waals surface area contributed by atoms with Crippen molar-refractivity contribution in [2.24, 2.45) is 0 Å². The molecule has 0 aromatic rings. The molecule has 0 bridgehead atoms. The third-order valence-corrected chi connectivity index (χ3v) is 0. The molecule has 0 aromatic heterocycles. The maximum Gasteiger partial charge on any atom is 2.00 e. The fourth-order valence-electron chi connectivity index (χ4n) is 0. The third kappa shape index (κ3) is 9.06. The Kier molecular flexibility index (Phi) is 199. The Morgan fingerprint density at radius 2 is 1.00 bits per heavy atom. The van der Waals surface area contributed by atoms with E-state index < -0.39 is 0 Å². The maximum absolute atomic E-state index is 0. The summed E-state index contributed by atoms with van der Waals surface area (Å²) in [6.45, 7) is 0. The van der Waals surface area contributed by atoms with Gasteiger partial charge >= 0.3 is 36.5 Å². The number of hydrogen-bond acceptors (Lipinski definition) is 0. The van der Waals surface area contributed by atoms with Crippen LogP contribution in [0.1, 0.15) is 0 Å². The van der Waals surface area contributed by atoms with Gasteiger partial charge in [-0.3, -0.25) is 0 Å². The Bertz CT molecular complexity index is 8.00. The Balaban J connectivity index is 0. The van der Waals surface area contributed by atoms with Gasteiger partial charge in [0.15, 0.2) is 0 Å². The second-order valence-corrected chi connectivity index (χ2v) is 0. The Labute approximate surface area is 59.8 Å². The average molecular weight is 195 g/mol. The van der Waals surface area contributed by atoms with Crippen LogP contribution in [0, 0.1) is 0 Å². The summed E-state index contributed by atoms with van der Waals surface area (Å²) in [5.41, 5.74) is 0. The minimum absolute atomic E-state index is 0. The van der Waals surface area contributed by atoms with Crippen LogP contribution in [0.2, 0.25) is 0 Å².